The van der Waals surface area contributed by atoms with Gasteiger partial charge in [0.05, 0.1) is 23.1 Å². The van der Waals surface area contributed by atoms with Crippen molar-refractivity contribution >= 4 is 23.2 Å². The van der Waals surface area contributed by atoms with Crippen LogP contribution in [0.5, 0.6) is 0 Å². The number of fused-ring (bicyclic) bond motifs is 1. The summed E-state index contributed by atoms with van der Waals surface area (Å²) in [6.07, 6.45) is 13.1. The molecule has 4 aromatic rings. The number of hydrogen-bond acceptors (Lipinski definition) is 6. The van der Waals surface area contributed by atoms with Crippen LogP contribution in [-0.4, -0.2) is 36.4 Å². The van der Waals surface area contributed by atoms with E-state index >= 15 is 0 Å². The third-order valence-corrected chi connectivity index (χ3v) is 5.89. The van der Waals surface area contributed by atoms with E-state index in [2.05, 4.69) is 20.3 Å². The van der Waals surface area contributed by atoms with Gasteiger partial charge in [0, 0.05) is 30.7 Å². The summed E-state index contributed by atoms with van der Waals surface area (Å²) in [5.74, 6) is 0.579. The lowest BCUT2D eigenvalue weighted by molar-refractivity contribution is 0.410. The van der Waals surface area contributed by atoms with Gasteiger partial charge in [-0.05, 0) is 61.1 Å². The Morgan fingerprint density at radius 1 is 0.967 bits per heavy atom. The number of nitrogens with zero attached hydrogens (tertiary/aromatic N) is 5. The van der Waals surface area contributed by atoms with E-state index < -0.39 is 0 Å². The Kier molecular flexibility index (Phi) is 5.06. The van der Waals surface area contributed by atoms with E-state index in [1.54, 1.807) is 24.8 Å². The maximum absolute atomic E-state index is 6.49. The minimum atomic E-state index is 0.303. The van der Waals surface area contributed by atoms with E-state index in [-0.39, 0.29) is 0 Å². The first-order valence-electron chi connectivity index (χ1n) is 10.1. The molecule has 0 amide bonds. The van der Waals surface area contributed by atoms with Gasteiger partial charge in [0.15, 0.2) is 0 Å². The smallest absolute Gasteiger partial charge is 0.223 e. The molecule has 0 unspecified atom stereocenters. The fraction of sp³-hybridized carbons (Fsp3) is 0.273. The molecule has 0 atom stereocenters. The van der Waals surface area contributed by atoms with Crippen molar-refractivity contribution in [1.82, 2.24) is 24.3 Å². The summed E-state index contributed by atoms with van der Waals surface area (Å²) in [6, 6.07) is 8.63. The normalized spacial score (nSPS) is 19.1. The van der Waals surface area contributed by atoms with Gasteiger partial charge in [-0.15, -0.1) is 0 Å². The van der Waals surface area contributed by atoms with Gasteiger partial charge in [0.25, 0.3) is 0 Å². The van der Waals surface area contributed by atoms with Crippen LogP contribution in [0.25, 0.3) is 28.2 Å². The number of pyridine rings is 2. The zero-order valence-corrected chi connectivity index (χ0v) is 17.1. The molecule has 0 aliphatic heterocycles. The molecule has 8 heteroatoms. The van der Waals surface area contributed by atoms with Crippen molar-refractivity contribution in [2.24, 2.45) is 5.73 Å². The molecule has 30 heavy (non-hydrogen) atoms. The summed E-state index contributed by atoms with van der Waals surface area (Å²) < 4.78 is 2.01. The van der Waals surface area contributed by atoms with E-state index in [0.29, 0.717) is 28.7 Å². The lowest BCUT2D eigenvalue weighted by Gasteiger charge is -2.26. The minimum Gasteiger partial charge on any atom is -0.351 e. The molecule has 1 aliphatic carbocycles. The number of nitrogens with two attached hydrogens (primary N) is 1. The monoisotopic (exact) mass is 419 g/mol. The fourth-order valence-corrected chi connectivity index (χ4v) is 4.12. The highest BCUT2D eigenvalue weighted by Gasteiger charge is 2.20. The Hall–Kier alpha value is -3.03. The molecule has 0 bridgehead atoms. The first-order valence-corrected chi connectivity index (χ1v) is 10.5. The van der Waals surface area contributed by atoms with Crippen LogP contribution in [0.2, 0.25) is 5.02 Å². The summed E-state index contributed by atoms with van der Waals surface area (Å²) in [7, 11) is 0. The molecular formula is C22H22ClN7. The standard InChI is InChI=1S/C22H22ClN7/c23-18-11-27-22(28-17-4-2-16(24)3-5-17)29-21(18)19-12-26-20-6-1-15(13-30(19)20)14-7-9-25-10-8-14/h1,6-13,16-17H,2-5,24H2,(H,27,28,29)/t16-,17-. The predicted molar refractivity (Wildman–Crippen MR) is 118 cm³/mol. The second-order valence-electron chi connectivity index (χ2n) is 7.67. The SMILES string of the molecule is N[C@H]1CC[C@H](Nc2ncc(Cl)c(-c3cnc4ccc(-c5ccncc5)cn34)n2)CC1. The first kappa shape index (κ1) is 19.0. The van der Waals surface area contributed by atoms with Gasteiger partial charge >= 0.3 is 0 Å². The quantitative estimate of drug-likeness (QED) is 0.515. The molecule has 3 N–H and O–H groups in total. The van der Waals surface area contributed by atoms with Gasteiger partial charge < -0.3 is 11.1 Å². The van der Waals surface area contributed by atoms with Crippen LogP contribution in [-0.2, 0) is 0 Å². The van der Waals surface area contributed by atoms with E-state index in [1.165, 1.54) is 0 Å². The predicted octanol–water partition coefficient (Wildman–Crippen LogP) is 4.19. The molecule has 0 radical (unpaired) electrons. The van der Waals surface area contributed by atoms with Crippen molar-refractivity contribution in [3.8, 4) is 22.5 Å². The fourth-order valence-electron chi connectivity index (χ4n) is 3.93. The van der Waals surface area contributed by atoms with Crippen LogP contribution in [0.15, 0.2) is 55.2 Å². The number of aromatic nitrogens is 5. The highest BCUT2D eigenvalue weighted by Crippen LogP contribution is 2.29. The molecular weight excluding hydrogens is 398 g/mol. The van der Waals surface area contributed by atoms with Crippen LogP contribution in [0.1, 0.15) is 25.7 Å². The van der Waals surface area contributed by atoms with E-state index in [0.717, 1.165) is 48.2 Å². The molecule has 0 aromatic carbocycles. The third kappa shape index (κ3) is 3.74. The average molecular weight is 420 g/mol. The Labute approximate surface area is 179 Å². The minimum absolute atomic E-state index is 0.303. The molecule has 4 heterocycles. The molecule has 1 aliphatic rings. The number of imidazole rings is 1. The number of anilines is 1. The van der Waals surface area contributed by atoms with Gasteiger partial charge in [-0.3, -0.25) is 9.38 Å². The Balaban J connectivity index is 1.50. The van der Waals surface area contributed by atoms with Crippen molar-refractivity contribution in [2.75, 3.05) is 5.32 Å². The van der Waals surface area contributed by atoms with Crippen LogP contribution < -0.4 is 11.1 Å². The highest BCUT2D eigenvalue weighted by atomic mass is 35.5. The lowest BCUT2D eigenvalue weighted by Crippen LogP contribution is -2.33. The molecule has 1 fully saturated rings. The van der Waals surface area contributed by atoms with Gasteiger partial charge in [-0.1, -0.05) is 11.6 Å². The van der Waals surface area contributed by atoms with Crippen LogP contribution in [0, 0.1) is 0 Å². The van der Waals surface area contributed by atoms with Crippen molar-refractivity contribution in [2.45, 2.75) is 37.8 Å². The zero-order valence-electron chi connectivity index (χ0n) is 16.4. The van der Waals surface area contributed by atoms with E-state index in [1.807, 2.05) is 34.9 Å². The van der Waals surface area contributed by atoms with E-state index in [9.17, 15) is 0 Å². The summed E-state index contributed by atoms with van der Waals surface area (Å²) >= 11 is 6.49. The molecule has 0 spiro atoms. The number of rotatable bonds is 4. The first-order chi connectivity index (χ1) is 14.7. The maximum atomic E-state index is 6.49. The molecule has 0 saturated heterocycles. The van der Waals surface area contributed by atoms with E-state index in [4.69, 9.17) is 22.3 Å². The molecule has 7 nitrogen and oxygen atoms in total. The molecule has 5 rings (SSSR count). The number of hydrogen-bond donors (Lipinski definition) is 2. The zero-order chi connectivity index (χ0) is 20.5. The Bertz CT molecular complexity index is 1170. The Morgan fingerprint density at radius 3 is 2.57 bits per heavy atom. The Morgan fingerprint density at radius 2 is 1.77 bits per heavy atom. The van der Waals surface area contributed by atoms with Gasteiger partial charge in [0.2, 0.25) is 5.95 Å². The second kappa shape index (κ2) is 8.01. The van der Waals surface area contributed by atoms with Gasteiger partial charge in [0.1, 0.15) is 11.3 Å². The van der Waals surface area contributed by atoms with Crippen molar-refractivity contribution in [3.63, 3.8) is 0 Å². The lowest BCUT2D eigenvalue weighted by atomic mass is 9.92. The molecule has 4 aromatic heterocycles. The average Bonchev–Trinajstić information content (AvgIpc) is 3.20. The summed E-state index contributed by atoms with van der Waals surface area (Å²) in [5.41, 5.74) is 10.5. The highest BCUT2D eigenvalue weighted by molar-refractivity contribution is 6.32. The number of nitrogens with one attached hydrogen (secondary N) is 1. The number of halogens is 1. The third-order valence-electron chi connectivity index (χ3n) is 5.61. The summed E-state index contributed by atoms with van der Waals surface area (Å²) in [5, 5.41) is 3.93. The van der Waals surface area contributed by atoms with Crippen LogP contribution in [0.3, 0.4) is 0 Å². The van der Waals surface area contributed by atoms with Crippen LogP contribution in [0.4, 0.5) is 5.95 Å². The summed E-state index contributed by atoms with van der Waals surface area (Å²) in [6.45, 7) is 0. The molecule has 152 valence electrons. The van der Waals surface area contributed by atoms with Crippen molar-refractivity contribution in [1.29, 1.82) is 0 Å². The van der Waals surface area contributed by atoms with Crippen LogP contribution >= 0.6 is 11.6 Å². The maximum Gasteiger partial charge on any atom is 0.223 e. The topological polar surface area (TPSA) is 94.0 Å². The largest absolute Gasteiger partial charge is 0.351 e. The van der Waals surface area contributed by atoms with Crippen molar-refractivity contribution < 1.29 is 0 Å². The second-order valence-corrected chi connectivity index (χ2v) is 8.08. The van der Waals surface area contributed by atoms with Gasteiger partial charge in [-0.25, -0.2) is 15.0 Å². The van der Waals surface area contributed by atoms with Gasteiger partial charge in [-0.2, -0.15) is 0 Å². The molecule has 1 saturated carbocycles. The van der Waals surface area contributed by atoms with Crippen molar-refractivity contribution in [3.05, 3.63) is 60.3 Å². The summed E-state index contributed by atoms with van der Waals surface area (Å²) in [4.78, 5) is 17.7.